The van der Waals surface area contributed by atoms with Crippen molar-refractivity contribution in [3.8, 4) is 17.2 Å². The van der Waals surface area contributed by atoms with Crippen LogP contribution in [0.3, 0.4) is 0 Å². The first-order valence-corrected chi connectivity index (χ1v) is 11.4. The Morgan fingerprint density at radius 1 is 0.875 bits per heavy atom. The van der Waals surface area contributed by atoms with Gasteiger partial charge in [0.05, 0.1) is 31.7 Å². The third-order valence-corrected chi connectivity index (χ3v) is 7.35. The third-order valence-electron chi connectivity index (χ3n) is 5.44. The second-order valence-corrected chi connectivity index (χ2v) is 9.14. The summed E-state index contributed by atoms with van der Waals surface area (Å²) in [5.41, 5.74) is 6.81. The van der Waals surface area contributed by atoms with Gasteiger partial charge < -0.3 is 24.8 Å². The first kappa shape index (κ1) is 21.9. The van der Waals surface area contributed by atoms with E-state index in [4.69, 9.17) is 19.9 Å². The number of aromatic nitrogens is 2. The fourth-order valence-electron chi connectivity index (χ4n) is 3.63. The number of nitrogens with two attached hydrogens (primary N) is 1. The Hall–Kier alpha value is -3.31. The van der Waals surface area contributed by atoms with Crippen LogP contribution in [0.1, 0.15) is 0 Å². The maximum Gasteiger partial charge on any atom is 0.243 e. The zero-order valence-corrected chi connectivity index (χ0v) is 18.9. The number of anilines is 2. The van der Waals surface area contributed by atoms with Gasteiger partial charge in [-0.2, -0.15) is 9.29 Å². The summed E-state index contributed by atoms with van der Waals surface area (Å²) >= 11 is 0. The lowest BCUT2D eigenvalue weighted by molar-refractivity contribution is 0.356. The Morgan fingerprint density at radius 3 is 2.09 bits per heavy atom. The highest BCUT2D eigenvalue weighted by atomic mass is 32.2. The molecule has 0 atom stereocenters. The Bertz CT molecular complexity index is 1230. The van der Waals surface area contributed by atoms with Crippen molar-refractivity contribution < 1.29 is 22.6 Å². The van der Waals surface area contributed by atoms with Crippen LogP contribution in [0.15, 0.2) is 41.3 Å². The molecule has 2 N–H and O–H groups in total. The molecule has 0 radical (unpaired) electrons. The van der Waals surface area contributed by atoms with Gasteiger partial charge in [-0.25, -0.2) is 13.4 Å². The molecule has 4 rings (SSSR count). The number of nitrogens with zero attached hydrogens (tertiary/aromatic N) is 4. The summed E-state index contributed by atoms with van der Waals surface area (Å²) in [5, 5.41) is 0.659. The van der Waals surface area contributed by atoms with Crippen molar-refractivity contribution in [2.75, 3.05) is 58.1 Å². The van der Waals surface area contributed by atoms with Gasteiger partial charge >= 0.3 is 0 Å². The predicted octanol–water partition coefficient (Wildman–Crippen LogP) is 1.75. The molecule has 170 valence electrons. The van der Waals surface area contributed by atoms with Crippen molar-refractivity contribution >= 4 is 32.7 Å². The van der Waals surface area contributed by atoms with Crippen molar-refractivity contribution in [2.24, 2.45) is 0 Å². The van der Waals surface area contributed by atoms with E-state index >= 15 is 0 Å². The monoisotopic (exact) mass is 459 g/mol. The van der Waals surface area contributed by atoms with Gasteiger partial charge in [-0.15, -0.1) is 0 Å². The molecule has 0 saturated carbocycles. The van der Waals surface area contributed by atoms with E-state index in [-0.39, 0.29) is 4.90 Å². The molecule has 0 spiro atoms. The van der Waals surface area contributed by atoms with Crippen LogP contribution in [-0.2, 0) is 10.0 Å². The molecule has 1 fully saturated rings. The summed E-state index contributed by atoms with van der Waals surface area (Å²) in [6.45, 7) is 1.49. The van der Waals surface area contributed by atoms with E-state index in [0.29, 0.717) is 66.1 Å². The van der Waals surface area contributed by atoms with Gasteiger partial charge in [0.25, 0.3) is 0 Å². The second-order valence-electron chi connectivity index (χ2n) is 7.20. The number of rotatable bonds is 6. The number of nitrogen functional groups attached to an aromatic ring is 1. The minimum Gasteiger partial charge on any atom is -0.497 e. The van der Waals surface area contributed by atoms with E-state index in [1.807, 2.05) is 4.90 Å². The van der Waals surface area contributed by atoms with Crippen LogP contribution in [0.25, 0.3) is 10.9 Å². The van der Waals surface area contributed by atoms with Crippen LogP contribution in [0.5, 0.6) is 17.2 Å². The highest BCUT2D eigenvalue weighted by Crippen LogP contribution is 2.34. The third kappa shape index (κ3) is 3.96. The first-order valence-electron chi connectivity index (χ1n) is 9.95. The number of methoxy groups -OCH3 is 3. The number of benzene rings is 2. The molecule has 1 saturated heterocycles. The molecular formula is C21H25N5O5S. The predicted molar refractivity (Wildman–Crippen MR) is 121 cm³/mol. The van der Waals surface area contributed by atoms with Crippen LogP contribution >= 0.6 is 0 Å². The fraction of sp³-hybridized carbons (Fsp3) is 0.333. The van der Waals surface area contributed by atoms with Crippen molar-refractivity contribution in [2.45, 2.75) is 4.90 Å². The SMILES string of the molecule is COc1ccc(S(=O)(=O)N2CCN(c3nc(N)c4cc(OC)c(OC)cc4n3)CC2)cc1. The molecule has 1 aromatic heterocycles. The van der Waals surface area contributed by atoms with Crippen molar-refractivity contribution in [3.63, 3.8) is 0 Å². The van der Waals surface area contributed by atoms with E-state index in [1.54, 1.807) is 50.6 Å². The number of piperazine rings is 1. The first-order chi connectivity index (χ1) is 15.4. The molecule has 32 heavy (non-hydrogen) atoms. The number of ether oxygens (including phenoxy) is 3. The summed E-state index contributed by atoms with van der Waals surface area (Å²) in [6.07, 6.45) is 0. The van der Waals surface area contributed by atoms with Crippen LogP contribution in [0.4, 0.5) is 11.8 Å². The molecular weight excluding hydrogens is 434 g/mol. The second kappa shape index (κ2) is 8.67. The van der Waals surface area contributed by atoms with Crippen molar-refractivity contribution in [1.29, 1.82) is 0 Å². The summed E-state index contributed by atoms with van der Waals surface area (Å²) in [5.74, 6) is 2.46. The van der Waals surface area contributed by atoms with Gasteiger partial charge in [-0.1, -0.05) is 0 Å². The highest BCUT2D eigenvalue weighted by Gasteiger charge is 2.29. The molecule has 1 aliphatic heterocycles. The largest absolute Gasteiger partial charge is 0.497 e. The fourth-order valence-corrected chi connectivity index (χ4v) is 5.06. The van der Waals surface area contributed by atoms with E-state index in [2.05, 4.69) is 9.97 Å². The van der Waals surface area contributed by atoms with Gasteiger partial charge in [0.15, 0.2) is 11.5 Å². The smallest absolute Gasteiger partial charge is 0.243 e. The average molecular weight is 460 g/mol. The summed E-state index contributed by atoms with van der Waals surface area (Å²) in [7, 11) is 1.04. The quantitative estimate of drug-likeness (QED) is 0.588. The maximum absolute atomic E-state index is 13.0. The molecule has 2 aromatic carbocycles. The number of hydrogen-bond donors (Lipinski definition) is 1. The molecule has 2 heterocycles. The van der Waals surface area contributed by atoms with Gasteiger partial charge in [0.1, 0.15) is 11.6 Å². The summed E-state index contributed by atoms with van der Waals surface area (Å²) in [4.78, 5) is 11.2. The minimum absolute atomic E-state index is 0.235. The molecule has 1 aliphatic rings. The molecule has 11 heteroatoms. The van der Waals surface area contributed by atoms with Crippen LogP contribution in [0, 0.1) is 0 Å². The van der Waals surface area contributed by atoms with Crippen molar-refractivity contribution in [3.05, 3.63) is 36.4 Å². The molecule has 0 bridgehead atoms. The Kier molecular flexibility index (Phi) is 5.94. The van der Waals surface area contributed by atoms with Gasteiger partial charge in [0, 0.05) is 37.6 Å². The molecule has 10 nitrogen and oxygen atoms in total. The van der Waals surface area contributed by atoms with Crippen molar-refractivity contribution in [1.82, 2.24) is 14.3 Å². The molecule has 0 amide bonds. The van der Waals surface area contributed by atoms with E-state index in [1.165, 1.54) is 11.4 Å². The lowest BCUT2D eigenvalue weighted by atomic mass is 10.2. The zero-order valence-electron chi connectivity index (χ0n) is 18.1. The maximum atomic E-state index is 13.0. The Labute approximate surface area is 186 Å². The van der Waals surface area contributed by atoms with Gasteiger partial charge in [-0.3, -0.25) is 0 Å². The lowest BCUT2D eigenvalue weighted by Crippen LogP contribution is -2.49. The summed E-state index contributed by atoms with van der Waals surface area (Å²) in [6, 6.07) is 9.87. The van der Waals surface area contributed by atoms with E-state index in [9.17, 15) is 8.42 Å². The Morgan fingerprint density at radius 2 is 1.50 bits per heavy atom. The number of hydrogen-bond acceptors (Lipinski definition) is 9. The highest BCUT2D eigenvalue weighted by molar-refractivity contribution is 7.89. The van der Waals surface area contributed by atoms with Crippen LogP contribution in [-0.4, -0.2) is 70.2 Å². The van der Waals surface area contributed by atoms with E-state index in [0.717, 1.165) is 0 Å². The van der Waals surface area contributed by atoms with Crippen LogP contribution in [0.2, 0.25) is 0 Å². The van der Waals surface area contributed by atoms with Gasteiger partial charge in [-0.05, 0) is 30.3 Å². The summed E-state index contributed by atoms with van der Waals surface area (Å²) < 4.78 is 43.2. The van der Waals surface area contributed by atoms with E-state index < -0.39 is 10.0 Å². The Balaban J connectivity index is 1.54. The minimum atomic E-state index is -3.60. The topological polar surface area (TPSA) is 120 Å². The molecule has 3 aromatic rings. The average Bonchev–Trinajstić information content (AvgIpc) is 2.83. The number of sulfonamides is 1. The zero-order chi connectivity index (χ0) is 22.9. The number of fused-ring (bicyclic) bond motifs is 1. The van der Waals surface area contributed by atoms with Crippen LogP contribution < -0.4 is 24.8 Å². The molecule has 0 aliphatic carbocycles. The standard InChI is InChI=1S/C21H25N5O5S/c1-29-14-4-6-15(7-5-14)32(27,28)26-10-8-25(9-11-26)21-23-17-13-19(31-3)18(30-2)12-16(17)20(22)24-21/h4-7,12-13H,8-11H2,1-3H3,(H2,22,23,24). The molecule has 0 unspecified atom stereocenters. The van der Waals surface area contributed by atoms with Gasteiger partial charge in [0.2, 0.25) is 16.0 Å². The lowest BCUT2D eigenvalue weighted by Gasteiger charge is -2.34. The normalized spacial score (nSPS) is 15.0.